The number of rotatable bonds is 1. The van der Waals surface area contributed by atoms with Gasteiger partial charge in [-0.1, -0.05) is 0 Å². The molecule has 2 aliphatic heterocycles. The van der Waals surface area contributed by atoms with Gasteiger partial charge in [0.1, 0.15) is 6.23 Å². The molecule has 6 heteroatoms. The summed E-state index contributed by atoms with van der Waals surface area (Å²) < 4.78 is 0. The SMILES string of the molecule is O=C1NCCN(N2CCCCC2O)C1=O. The lowest BCUT2D eigenvalue weighted by Gasteiger charge is -2.41. The number of aliphatic hydroxyl groups is 1. The second kappa shape index (κ2) is 4.16. The number of nitrogens with zero attached hydrogens (tertiary/aromatic N) is 2. The van der Waals surface area contributed by atoms with E-state index in [4.69, 9.17) is 0 Å². The molecule has 1 unspecified atom stereocenters. The van der Waals surface area contributed by atoms with Crippen molar-refractivity contribution in [2.45, 2.75) is 25.5 Å². The Morgan fingerprint density at radius 3 is 2.80 bits per heavy atom. The molecule has 2 saturated heterocycles. The molecule has 84 valence electrons. The molecule has 0 radical (unpaired) electrons. The molecule has 2 fully saturated rings. The monoisotopic (exact) mass is 213 g/mol. The Bertz CT molecular complexity index is 282. The van der Waals surface area contributed by atoms with Gasteiger partial charge in [0.25, 0.3) is 0 Å². The number of amides is 2. The summed E-state index contributed by atoms with van der Waals surface area (Å²) in [5.41, 5.74) is 0. The molecular formula is C9H15N3O3. The molecule has 0 aromatic rings. The predicted molar refractivity (Wildman–Crippen MR) is 51.3 cm³/mol. The lowest BCUT2D eigenvalue weighted by Crippen LogP contribution is -2.62. The van der Waals surface area contributed by atoms with Crippen LogP contribution in [-0.2, 0) is 9.59 Å². The topological polar surface area (TPSA) is 72.9 Å². The van der Waals surface area contributed by atoms with Crippen molar-refractivity contribution in [2.75, 3.05) is 19.6 Å². The van der Waals surface area contributed by atoms with Crippen molar-refractivity contribution in [3.05, 3.63) is 0 Å². The zero-order chi connectivity index (χ0) is 10.8. The first-order chi connectivity index (χ1) is 7.20. The Hall–Kier alpha value is -1.14. The summed E-state index contributed by atoms with van der Waals surface area (Å²) in [5.74, 6) is -1.15. The fraction of sp³-hybridized carbons (Fsp3) is 0.778. The van der Waals surface area contributed by atoms with E-state index in [1.807, 2.05) is 0 Å². The van der Waals surface area contributed by atoms with E-state index in [1.165, 1.54) is 5.01 Å². The minimum Gasteiger partial charge on any atom is -0.377 e. The van der Waals surface area contributed by atoms with Crippen LogP contribution in [0.15, 0.2) is 0 Å². The Balaban J connectivity index is 2.07. The third-order valence-corrected chi connectivity index (χ3v) is 2.79. The first-order valence-corrected chi connectivity index (χ1v) is 5.24. The maximum atomic E-state index is 11.5. The highest BCUT2D eigenvalue weighted by Gasteiger charge is 2.34. The van der Waals surface area contributed by atoms with E-state index in [2.05, 4.69) is 5.32 Å². The minimum absolute atomic E-state index is 0.446. The van der Waals surface area contributed by atoms with Gasteiger partial charge in [-0.2, -0.15) is 5.01 Å². The van der Waals surface area contributed by atoms with E-state index in [0.717, 1.165) is 12.8 Å². The van der Waals surface area contributed by atoms with Crippen molar-refractivity contribution in [2.24, 2.45) is 0 Å². The van der Waals surface area contributed by atoms with Crippen LogP contribution in [0.25, 0.3) is 0 Å². The lowest BCUT2D eigenvalue weighted by molar-refractivity contribution is -0.186. The van der Waals surface area contributed by atoms with Gasteiger partial charge in [-0.25, -0.2) is 0 Å². The van der Waals surface area contributed by atoms with Gasteiger partial charge in [-0.05, 0) is 19.3 Å². The number of hydrogen-bond acceptors (Lipinski definition) is 4. The molecule has 0 saturated carbocycles. The van der Waals surface area contributed by atoms with Crippen molar-refractivity contribution in [3.63, 3.8) is 0 Å². The smallest absolute Gasteiger partial charge is 0.326 e. The van der Waals surface area contributed by atoms with Crippen LogP contribution in [0.1, 0.15) is 19.3 Å². The highest BCUT2D eigenvalue weighted by molar-refractivity contribution is 6.35. The van der Waals surface area contributed by atoms with Crippen LogP contribution in [0.3, 0.4) is 0 Å². The normalized spacial score (nSPS) is 29.1. The minimum atomic E-state index is -0.631. The zero-order valence-corrected chi connectivity index (χ0v) is 8.48. The van der Waals surface area contributed by atoms with Crippen LogP contribution in [-0.4, -0.2) is 52.8 Å². The van der Waals surface area contributed by atoms with E-state index in [1.54, 1.807) is 5.01 Å². The second-order valence-corrected chi connectivity index (χ2v) is 3.82. The standard InChI is InChI=1S/C9H15N3O3/c13-7-3-1-2-5-11(7)12-6-4-10-8(14)9(12)15/h7,13H,1-6H2,(H,10,14). The molecular weight excluding hydrogens is 198 g/mol. The number of piperidine rings is 1. The number of hydrazine groups is 1. The molecule has 0 aliphatic carbocycles. The summed E-state index contributed by atoms with van der Waals surface area (Å²) in [7, 11) is 0. The van der Waals surface area contributed by atoms with Gasteiger partial charge in [-0.3, -0.25) is 14.6 Å². The molecule has 0 aromatic carbocycles. The van der Waals surface area contributed by atoms with Gasteiger partial charge in [0.2, 0.25) is 0 Å². The van der Waals surface area contributed by atoms with Gasteiger partial charge < -0.3 is 10.4 Å². The average Bonchev–Trinajstić information content (AvgIpc) is 2.23. The maximum absolute atomic E-state index is 11.5. The van der Waals surface area contributed by atoms with Crippen molar-refractivity contribution >= 4 is 11.8 Å². The van der Waals surface area contributed by atoms with Crippen LogP contribution in [0.5, 0.6) is 0 Å². The molecule has 6 nitrogen and oxygen atoms in total. The predicted octanol–water partition coefficient (Wildman–Crippen LogP) is -1.34. The summed E-state index contributed by atoms with van der Waals surface area (Å²) in [6, 6.07) is 0. The average molecular weight is 213 g/mol. The Morgan fingerprint density at radius 2 is 2.07 bits per heavy atom. The third-order valence-electron chi connectivity index (χ3n) is 2.79. The van der Waals surface area contributed by atoms with E-state index < -0.39 is 18.0 Å². The maximum Gasteiger partial charge on any atom is 0.326 e. The summed E-state index contributed by atoms with van der Waals surface area (Å²) >= 11 is 0. The molecule has 2 rings (SSSR count). The van der Waals surface area contributed by atoms with E-state index >= 15 is 0 Å². The Kier molecular flexibility index (Phi) is 2.88. The van der Waals surface area contributed by atoms with Crippen molar-refractivity contribution in [1.29, 1.82) is 0 Å². The molecule has 2 heterocycles. The van der Waals surface area contributed by atoms with E-state index in [0.29, 0.717) is 26.1 Å². The third kappa shape index (κ3) is 1.95. The Morgan fingerprint density at radius 1 is 1.27 bits per heavy atom. The van der Waals surface area contributed by atoms with Gasteiger partial charge >= 0.3 is 11.8 Å². The second-order valence-electron chi connectivity index (χ2n) is 3.82. The number of carbonyl (C=O) groups excluding carboxylic acids is 2. The van der Waals surface area contributed by atoms with Crippen LogP contribution in [0, 0.1) is 0 Å². The first kappa shape index (κ1) is 10.4. The van der Waals surface area contributed by atoms with Crippen LogP contribution in [0.4, 0.5) is 0 Å². The molecule has 2 aliphatic rings. The van der Waals surface area contributed by atoms with Crippen LogP contribution in [0.2, 0.25) is 0 Å². The number of aliphatic hydroxyl groups excluding tert-OH is 1. The van der Waals surface area contributed by atoms with Crippen molar-refractivity contribution < 1.29 is 14.7 Å². The van der Waals surface area contributed by atoms with Gasteiger partial charge in [-0.15, -0.1) is 0 Å². The van der Waals surface area contributed by atoms with Gasteiger partial charge in [0.15, 0.2) is 0 Å². The largest absolute Gasteiger partial charge is 0.377 e. The van der Waals surface area contributed by atoms with Gasteiger partial charge in [0, 0.05) is 13.1 Å². The molecule has 0 bridgehead atoms. The molecule has 2 N–H and O–H groups in total. The number of hydrogen-bond donors (Lipinski definition) is 2. The van der Waals surface area contributed by atoms with Crippen LogP contribution >= 0.6 is 0 Å². The number of carbonyl (C=O) groups is 2. The number of piperazine rings is 1. The highest BCUT2D eigenvalue weighted by Crippen LogP contribution is 2.17. The lowest BCUT2D eigenvalue weighted by atomic mass is 10.1. The van der Waals surface area contributed by atoms with Gasteiger partial charge in [0.05, 0.1) is 6.54 Å². The number of nitrogens with one attached hydrogen (secondary N) is 1. The fourth-order valence-electron chi connectivity index (χ4n) is 2.00. The zero-order valence-electron chi connectivity index (χ0n) is 8.48. The van der Waals surface area contributed by atoms with Crippen molar-refractivity contribution in [1.82, 2.24) is 15.3 Å². The molecule has 2 amide bonds. The van der Waals surface area contributed by atoms with Crippen LogP contribution < -0.4 is 5.32 Å². The first-order valence-electron chi connectivity index (χ1n) is 5.24. The molecule has 15 heavy (non-hydrogen) atoms. The van der Waals surface area contributed by atoms with E-state index in [-0.39, 0.29) is 0 Å². The summed E-state index contributed by atoms with van der Waals surface area (Å²) in [6.45, 7) is 1.54. The summed E-state index contributed by atoms with van der Waals surface area (Å²) in [5, 5.41) is 15.2. The van der Waals surface area contributed by atoms with E-state index in [9.17, 15) is 14.7 Å². The molecule has 0 aromatic heterocycles. The van der Waals surface area contributed by atoms with Crippen molar-refractivity contribution in [3.8, 4) is 0 Å². The molecule has 1 atom stereocenters. The fourth-order valence-corrected chi connectivity index (χ4v) is 2.00. The summed E-state index contributed by atoms with van der Waals surface area (Å²) in [6.07, 6.45) is 1.94. The Labute approximate surface area is 87.8 Å². The molecule has 0 spiro atoms. The summed E-state index contributed by atoms with van der Waals surface area (Å²) in [4.78, 5) is 22.7. The highest BCUT2D eigenvalue weighted by atomic mass is 16.3. The quantitative estimate of drug-likeness (QED) is 0.529.